The summed E-state index contributed by atoms with van der Waals surface area (Å²) in [5, 5.41) is 4.01. The maximum Gasteiger partial charge on any atom is 0.254 e. The highest BCUT2D eigenvalue weighted by Crippen LogP contribution is 2.19. The summed E-state index contributed by atoms with van der Waals surface area (Å²) in [6.07, 6.45) is 4.17. The molecule has 6 nitrogen and oxygen atoms in total. The molecule has 0 spiro atoms. The molecule has 1 N–H and O–H groups in total. The summed E-state index contributed by atoms with van der Waals surface area (Å²) in [6.45, 7) is 6.99. The summed E-state index contributed by atoms with van der Waals surface area (Å²) in [4.78, 5) is 13.9. The lowest BCUT2D eigenvalue weighted by Gasteiger charge is -2.25. The number of methoxy groups -OCH3 is 1. The van der Waals surface area contributed by atoms with Crippen LogP contribution in [0.3, 0.4) is 0 Å². The lowest BCUT2D eigenvalue weighted by atomic mass is 10.1. The maximum atomic E-state index is 11.8. The van der Waals surface area contributed by atoms with Gasteiger partial charge in [0.15, 0.2) is 0 Å². The number of hydrogen-bond acceptors (Lipinski definition) is 5. The van der Waals surface area contributed by atoms with Crippen LogP contribution < -0.4 is 10.2 Å². The fourth-order valence-electron chi connectivity index (χ4n) is 2.37. The summed E-state index contributed by atoms with van der Waals surface area (Å²) in [7, 11) is 1.64. The van der Waals surface area contributed by atoms with Crippen LogP contribution in [0.25, 0.3) is 0 Å². The Kier molecular flexibility index (Phi) is 6.77. The van der Waals surface area contributed by atoms with Gasteiger partial charge in [0, 0.05) is 13.1 Å². The fourth-order valence-corrected chi connectivity index (χ4v) is 2.37. The molecule has 1 saturated heterocycles. The predicted octanol–water partition coefficient (Wildman–Crippen LogP) is 1.21. The van der Waals surface area contributed by atoms with Crippen molar-refractivity contribution in [2.24, 2.45) is 5.10 Å². The quantitative estimate of drug-likeness (QED) is 0.466. The molecule has 0 saturated carbocycles. The minimum absolute atomic E-state index is 0.122. The number of hydrogen-bond donors (Lipinski definition) is 1. The van der Waals surface area contributed by atoms with Crippen LogP contribution in [0.15, 0.2) is 36.0 Å². The average Bonchev–Trinajstić information content (AvgIpc) is 2.56. The number of nitrogens with zero attached hydrogens (tertiary/aromatic N) is 2. The first-order chi connectivity index (χ1) is 11.2. The standard InChI is InChI=1S/C17H23N3O3/c1-3-4-15-11-14(5-6-16(15)22-2)12-18-19-17(21)13-20-7-9-23-10-8-20/h3,5-6,11-12H,1,4,7-10,13H2,2H3,(H,19,21)/b18-12+. The molecule has 6 heteroatoms. The van der Waals surface area contributed by atoms with E-state index in [0.29, 0.717) is 26.2 Å². The minimum atomic E-state index is -0.122. The second-order valence-corrected chi connectivity index (χ2v) is 5.25. The first-order valence-corrected chi connectivity index (χ1v) is 7.62. The molecule has 1 aromatic rings. The van der Waals surface area contributed by atoms with E-state index in [1.54, 1.807) is 13.3 Å². The second-order valence-electron chi connectivity index (χ2n) is 5.25. The van der Waals surface area contributed by atoms with Gasteiger partial charge in [-0.25, -0.2) is 5.43 Å². The van der Waals surface area contributed by atoms with Crippen LogP contribution in [0.5, 0.6) is 5.75 Å². The molecule has 0 radical (unpaired) electrons. The van der Waals surface area contributed by atoms with Crippen LogP contribution in [0.1, 0.15) is 11.1 Å². The number of hydrazone groups is 1. The molecular formula is C17H23N3O3. The number of rotatable bonds is 7. The van der Waals surface area contributed by atoms with Crippen molar-refractivity contribution in [2.75, 3.05) is 40.0 Å². The third kappa shape index (κ3) is 5.50. The Hall–Kier alpha value is -2.18. The van der Waals surface area contributed by atoms with Gasteiger partial charge in [0.25, 0.3) is 5.91 Å². The third-order valence-corrected chi connectivity index (χ3v) is 3.54. The minimum Gasteiger partial charge on any atom is -0.496 e. The number of nitrogens with one attached hydrogen (secondary N) is 1. The van der Waals surface area contributed by atoms with E-state index in [4.69, 9.17) is 9.47 Å². The Morgan fingerprint density at radius 1 is 1.48 bits per heavy atom. The van der Waals surface area contributed by atoms with Crippen LogP contribution in [0, 0.1) is 0 Å². The van der Waals surface area contributed by atoms with Crippen molar-refractivity contribution < 1.29 is 14.3 Å². The van der Waals surface area contributed by atoms with Crippen molar-refractivity contribution in [3.05, 3.63) is 42.0 Å². The van der Waals surface area contributed by atoms with Gasteiger partial charge in [0.05, 0.1) is 33.1 Å². The highest BCUT2D eigenvalue weighted by atomic mass is 16.5. The second kappa shape index (κ2) is 9.07. The Balaban J connectivity index is 1.87. The first-order valence-electron chi connectivity index (χ1n) is 7.62. The van der Waals surface area contributed by atoms with Crippen LogP contribution in [-0.4, -0.2) is 57.0 Å². The summed E-state index contributed by atoms with van der Waals surface area (Å²) in [6, 6.07) is 5.75. The summed E-state index contributed by atoms with van der Waals surface area (Å²) < 4.78 is 10.6. The van der Waals surface area contributed by atoms with Gasteiger partial charge in [0.1, 0.15) is 5.75 Å². The highest BCUT2D eigenvalue weighted by molar-refractivity contribution is 5.83. The van der Waals surface area contributed by atoms with Gasteiger partial charge in [-0.15, -0.1) is 6.58 Å². The van der Waals surface area contributed by atoms with Crippen molar-refractivity contribution in [2.45, 2.75) is 6.42 Å². The van der Waals surface area contributed by atoms with Crippen molar-refractivity contribution in [3.8, 4) is 5.75 Å². The molecule has 124 valence electrons. The van der Waals surface area contributed by atoms with E-state index in [1.807, 2.05) is 29.2 Å². The van der Waals surface area contributed by atoms with E-state index in [1.165, 1.54) is 0 Å². The van der Waals surface area contributed by atoms with Crippen molar-refractivity contribution >= 4 is 12.1 Å². The molecule has 1 fully saturated rings. The van der Waals surface area contributed by atoms with E-state index in [2.05, 4.69) is 17.1 Å². The molecule has 1 aromatic carbocycles. The summed E-state index contributed by atoms with van der Waals surface area (Å²) in [5.41, 5.74) is 4.49. The van der Waals surface area contributed by atoms with Crippen LogP contribution in [0.4, 0.5) is 0 Å². The largest absolute Gasteiger partial charge is 0.496 e. The average molecular weight is 317 g/mol. The zero-order chi connectivity index (χ0) is 16.5. The van der Waals surface area contributed by atoms with Gasteiger partial charge in [-0.2, -0.15) is 5.10 Å². The third-order valence-electron chi connectivity index (χ3n) is 3.54. The first kappa shape index (κ1) is 17.2. The number of morpholine rings is 1. The molecule has 0 aliphatic carbocycles. The highest BCUT2D eigenvalue weighted by Gasteiger charge is 2.13. The van der Waals surface area contributed by atoms with Gasteiger partial charge < -0.3 is 9.47 Å². The molecule has 0 unspecified atom stereocenters. The number of benzene rings is 1. The number of ether oxygens (including phenoxy) is 2. The molecule has 23 heavy (non-hydrogen) atoms. The fraction of sp³-hybridized carbons (Fsp3) is 0.412. The molecule has 0 atom stereocenters. The number of carbonyl (C=O) groups excluding carboxylic acids is 1. The number of carbonyl (C=O) groups is 1. The zero-order valence-electron chi connectivity index (χ0n) is 13.5. The van der Waals surface area contributed by atoms with Crippen LogP contribution in [-0.2, 0) is 16.0 Å². The van der Waals surface area contributed by atoms with Crippen LogP contribution >= 0.6 is 0 Å². The van der Waals surface area contributed by atoms with E-state index < -0.39 is 0 Å². The van der Waals surface area contributed by atoms with E-state index in [9.17, 15) is 4.79 Å². The summed E-state index contributed by atoms with van der Waals surface area (Å²) >= 11 is 0. The van der Waals surface area contributed by atoms with Gasteiger partial charge in [-0.05, 0) is 35.7 Å². The Morgan fingerprint density at radius 2 is 2.26 bits per heavy atom. The zero-order valence-corrected chi connectivity index (χ0v) is 13.5. The molecule has 0 bridgehead atoms. The molecule has 1 amide bonds. The van der Waals surface area contributed by atoms with Gasteiger partial charge in [-0.1, -0.05) is 6.08 Å². The Morgan fingerprint density at radius 3 is 2.96 bits per heavy atom. The lowest BCUT2D eigenvalue weighted by molar-refractivity contribution is -0.123. The van der Waals surface area contributed by atoms with Gasteiger partial charge in [-0.3, -0.25) is 9.69 Å². The lowest BCUT2D eigenvalue weighted by Crippen LogP contribution is -2.42. The molecular weight excluding hydrogens is 294 g/mol. The monoisotopic (exact) mass is 317 g/mol. The molecule has 2 rings (SSSR count). The molecule has 1 heterocycles. The van der Waals surface area contributed by atoms with Gasteiger partial charge >= 0.3 is 0 Å². The molecule has 1 aliphatic rings. The summed E-state index contributed by atoms with van der Waals surface area (Å²) in [5.74, 6) is 0.696. The smallest absolute Gasteiger partial charge is 0.254 e. The normalized spacial score (nSPS) is 15.5. The number of allylic oxidation sites excluding steroid dienone is 1. The van der Waals surface area contributed by atoms with Crippen molar-refractivity contribution in [1.82, 2.24) is 10.3 Å². The van der Waals surface area contributed by atoms with Crippen molar-refractivity contribution in [3.63, 3.8) is 0 Å². The molecule has 1 aliphatic heterocycles. The Labute approximate surface area is 136 Å². The Bertz CT molecular complexity index is 566. The van der Waals surface area contributed by atoms with E-state index in [-0.39, 0.29) is 5.91 Å². The van der Waals surface area contributed by atoms with E-state index in [0.717, 1.165) is 30.0 Å². The predicted molar refractivity (Wildman–Crippen MR) is 89.9 cm³/mol. The molecule has 0 aromatic heterocycles. The van der Waals surface area contributed by atoms with Crippen LogP contribution in [0.2, 0.25) is 0 Å². The van der Waals surface area contributed by atoms with Crippen molar-refractivity contribution in [1.29, 1.82) is 0 Å². The maximum absolute atomic E-state index is 11.8. The number of amides is 1. The SMILES string of the molecule is C=CCc1cc(/C=N/NC(=O)CN2CCOCC2)ccc1OC. The van der Waals surface area contributed by atoms with Gasteiger partial charge in [0.2, 0.25) is 0 Å². The topological polar surface area (TPSA) is 63.2 Å². The van der Waals surface area contributed by atoms with E-state index >= 15 is 0 Å².